The molecule has 0 unspecified atom stereocenters. The zero-order chi connectivity index (χ0) is 14.4. The van der Waals surface area contributed by atoms with Gasteiger partial charge in [-0.1, -0.05) is 21.5 Å². The zero-order valence-electron chi connectivity index (χ0n) is 10.5. The van der Waals surface area contributed by atoms with E-state index in [-0.39, 0.29) is 5.69 Å². The van der Waals surface area contributed by atoms with Gasteiger partial charge >= 0.3 is 5.97 Å². The molecule has 0 spiro atoms. The minimum absolute atomic E-state index is 0.0338. The number of ether oxygens (including phenoxy) is 1. The molecule has 1 aromatic carbocycles. The highest BCUT2D eigenvalue weighted by Gasteiger charge is 2.09. The fourth-order valence-corrected chi connectivity index (χ4v) is 1.52. The highest BCUT2D eigenvalue weighted by atomic mass is 79.9. The van der Waals surface area contributed by atoms with E-state index in [1.54, 1.807) is 19.9 Å². The first-order valence-electron chi connectivity index (χ1n) is 5.45. The largest absolute Gasteiger partial charge is 0.452 e. The smallest absolute Gasteiger partial charge is 0.331 e. The lowest BCUT2D eigenvalue weighted by molar-refractivity contribution is -0.142. The van der Waals surface area contributed by atoms with Crippen molar-refractivity contribution in [2.75, 3.05) is 11.9 Å². The van der Waals surface area contributed by atoms with Gasteiger partial charge in [-0.15, -0.1) is 0 Å². The number of carbonyl (C=O) groups is 2. The third-order valence-corrected chi connectivity index (χ3v) is 2.45. The molecule has 0 atom stereocenters. The third kappa shape index (κ3) is 5.65. The lowest BCUT2D eigenvalue weighted by atomic mass is 10.3. The molecule has 0 aliphatic heterocycles. The molecule has 0 saturated heterocycles. The van der Waals surface area contributed by atoms with Gasteiger partial charge in [0.15, 0.2) is 6.61 Å². The van der Waals surface area contributed by atoms with Crippen LogP contribution in [-0.4, -0.2) is 18.5 Å². The van der Waals surface area contributed by atoms with Gasteiger partial charge in [-0.25, -0.2) is 9.18 Å². The minimum Gasteiger partial charge on any atom is -0.452 e. The molecule has 1 aromatic rings. The Kier molecular flexibility index (Phi) is 5.69. The Bertz CT molecular complexity index is 525. The Balaban J connectivity index is 2.52. The molecule has 19 heavy (non-hydrogen) atoms. The molecule has 0 saturated carbocycles. The van der Waals surface area contributed by atoms with Gasteiger partial charge in [-0.2, -0.15) is 0 Å². The van der Waals surface area contributed by atoms with E-state index in [1.165, 1.54) is 18.2 Å². The van der Waals surface area contributed by atoms with Crippen LogP contribution in [0.5, 0.6) is 0 Å². The number of benzene rings is 1. The quantitative estimate of drug-likeness (QED) is 0.682. The monoisotopic (exact) mass is 329 g/mol. The lowest BCUT2D eigenvalue weighted by Gasteiger charge is -2.06. The maximum absolute atomic E-state index is 13.4. The number of esters is 1. The number of carbonyl (C=O) groups excluding carboxylic acids is 2. The van der Waals surface area contributed by atoms with Crippen molar-refractivity contribution < 1.29 is 18.7 Å². The number of hydrogen-bond donors (Lipinski definition) is 1. The second-order valence-electron chi connectivity index (χ2n) is 4.00. The molecule has 0 heterocycles. The number of anilines is 1. The van der Waals surface area contributed by atoms with E-state index >= 15 is 0 Å². The van der Waals surface area contributed by atoms with Crippen molar-refractivity contribution in [1.29, 1.82) is 0 Å². The van der Waals surface area contributed by atoms with Crippen LogP contribution >= 0.6 is 15.9 Å². The Morgan fingerprint density at radius 2 is 2.11 bits per heavy atom. The van der Waals surface area contributed by atoms with Gasteiger partial charge in [0.05, 0.1) is 5.69 Å². The second kappa shape index (κ2) is 7.04. The number of nitrogens with one attached hydrogen (secondary N) is 1. The van der Waals surface area contributed by atoms with E-state index in [2.05, 4.69) is 21.2 Å². The highest BCUT2D eigenvalue weighted by Crippen LogP contribution is 2.19. The van der Waals surface area contributed by atoms with Crippen molar-refractivity contribution in [3.05, 3.63) is 40.1 Å². The summed E-state index contributed by atoms with van der Waals surface area (Å²) in [5.41, 5.74) is 0.802. The summed E-state index contributed by atoms with van der Waals surface area (Å²) in [4.78, 5) is 22.6. The molecule has 1 N–H and O–H groups in total. The first-order chi connectivity index (χ1) is 8.88. The van der Waals surface area contributed by atoms with E-state index in [1.807, 2.05) is 0 Å². The predicted molar refractivity (Wildman–Crippen MR) is 73.1 cm³/mol. The molecule has 1 rings (SSSR count). The average molecular weight is 330 g/mol. The van der Waals surface area contributed by atoms with Crippen LogP contribution in [-0.2, 0) is 14.3 Å². The Morgan fingerprint density at radius 3 is 2.68 bits per heavy atom. The maximum Gasteiger partial charge on any atom is 0.331 e. The summed E-state index contributed by atoms with van der Waals surface area (Å²) in [6, 6.07) is 4.23. The van der Waals surface area contributed by atoms with Crippen LogP contribution in [0.1, 0.15) is 13.8 Å². The van der Waals surface area contributed by atoms with Crippen molar-refractivity contribution in [3.8, 4) is 0 Å². The molecule has 102 valence electrons. The number of allylic oxidation sites excluding steroid dienone is 1. The van der Waals surface area contributed by atoms with Crippen molar-refractivity contribution in [2.45, 2.75) is 13.8 Å². The summed E-state index contributed by atoms with van der Waals surface area (Å²) >= 11 is 3.11. The standard InChI is InChI=1S/C13H13BrFNO3/c1-8(2)5-13(18)19-7-12(17)16-11-4-3-9(14)6-10(11)15/h3-6H,7H2,1-2H3,(H,16,17). The summed E-state index contributed by atoms with van der Waals surface area (Å²) in [5, 5.41) is 2.31. The summed E-state index contributed by atoms with van der Waals surface area (Å²) in [6.07, 6.45) is 1.27. The van der Waals surface area contributed by atoms with E-state index < -0.39 is 24.3 Å². The molecule has 0 bridgehead atoms. The minimum atomic E-state index is -0.605. The lowest BCUT2D eigenvalue weighted by Crippen LogP contribution is -2.20. The normalized spacial score (nSPS) is 9.68. The van der Waals surface area contributed by atoms with Crippen LogP contribution in [0.25, 0.3) is 0 Å². The van der Waals surface area contributed by atoms with Crippen LogP contribution in [0.4, 0.5) is 10.1 Å². The molecule has 0 aromatic heterocycles. The van der Waals surface area contributed by atoms with E-state index in [0.717, 1.165) is 5.57 Å². The SMILES string of the molecule is CC(C)=CC(=O)OCC(=O)Nc1ccc(Br)cc1F. The molecular weight excluding hydrogens is 317 g/mol. The Morgan fingerprint density at radius 1 is 1.42 bits per heavy atom. The van der Waals surface area contributed by atoms with Gasteiger partial charge in [0.2, 0.25) is 0 Å². The fourth-order valence-electron chi connectivity index (χ4n) is 1.19. The van der Waals surface area contributed by atoms with Gasteiger partial charge < -0.3 is 10.1 Å². The van der Waals surface area contributed by atoms with Crippen LogP contribution in [0, 0.1) is 5.82 Å². The molecule has 0 fully saturated rings. The van der Waals surface area contributed by atoms with Crippen molar-refractivity contribution >= 4 is 33.5 Å². The van der Waals surface area contributed by atoms with E-state index in [4.69, 9.17) is 4.74 Å². The van der Waals surface area contributed by atoms with Gasteiger partial charge in [-0.05, 0) is 32.0 Å². The third-order valence-electron chi connectivity index (χ3n) is 1.96. The van der Waals surface area contributed by atoms with Gasteiger partial charge in [0.1, 0.15) is 5.82 Å². The first-order valence-corrected chi connectivity index (χ1v) is 6.24. The summed E-state index contributed by atoms with van der Waals surface area (Å²) < 4.78 is 18.7. The Labute approximate surface area is 118 Å². The molecule has 1 amide bonds. The van der Waals surface area contributed by atoms with Crippen LogP contribution in [0.2, 0.25) is 0 Å². The molecule has 4 nitrogen and oxygen atoms in total. The summed E-state index contributed by atoms with van der Waals surface area (Å²) in [5.74, 6) is -1.78. The zero-order valence-corrected chi connectivity index (χ0v) is 12.1. The topological polar surface area (TPSA) is 55.4 Å². The van der Waals surface area contributed by atoms with E-state index in [0.29, 0.717) is 4.47 Å². The maximum atomic E-state index is 13.4. The molecular formula is C13H13BrFNO3. The molecule has 0 radical (unpaired) electrons. The van der Waals surface area contributed by atoms with Gasteiger partial charge in [0, 0.05) is 10.5 Å². The number of halogens is 2. The van der Waals surface area contributed by atoms with Gasteiger partial charge in [0.25, 0.3) is 5.91 Å². The predicted octanol–water partition coefficient (Wildman–Crippen LogP) is 3.04. The molecule has 6 heteroatoms. The first kappa shape index (κ1) is 15.4. The summed E-state index contributed by atoms with van der Waals surface area (Å²) in [6.45, 7) is 3.01. The van der Waals surface area contributed by atoms with Crippen molar-refractivity contribution in [2.24, 2.45) is 0 Å². The van der Waals surface area contributed by atoms with Gasteiger partial charge in [-0.3, -0.25) is 4.79 Å². The van der Waals surface area contributed by atoms with Crippen molar-refractivity contribution in [1.82, 2.24) is 0 Å². The summed E-state index contributed by atoms with van der Waals surface area (Å²) in [7, 11) is 0. The number of hydrogen-bond acceptors (Lipinski definition) is 3. The van der Waals surface area contributed by atoms with Crippen LogP contribution in [0.3, 0.4) is 0 Å². The molecule has 0 aliphatic rings. The number of amides is 1. The molecule has 0 aliphatic carbocycles. The van der Waals surface area contributed by atoms with E-state index in [9.17, 15) is 14.0 Å². The average Bonchev–Trinajstić information content (AvgIpc) is 2.29. The van der Waals surface area contributed by atoms with Crippen LogP contribution < -0.4 is 5.32 Å². The highest BCUT2D eigenvalue weighted by molar-refractivity contribution is 9.10. The second-order valence-corrected chi connectivity index (χ2v) is 4.92. The van der Waals surface area contributed by atoms with Crippen LogP contribution in [0.15, 0.2) is 34.3 Å². The fraction of sp³-hybridized carbons (Fsp3) is 0.231. The number of rotatable bonds is 4. The Hall–Kier alpha value is -1.69. The van der Waals surface area contributed by atoms with Crippen molar-refractivity contribution in [3.63, 3.8) is 0 Å².